The van der Waals surface area contributed by atoms with Gasteiger partial charge < -0.3 is 9.64 Å². The summed E-state index contributed by atoms with van der Waals surface area (Å²) in [6.45, 7) is 1.39. The molecule has 1 amide bonds. The van der Waals surface area contributed by atoms with E-state index in [1.807, 2.05) is 29.2 Å². The minimum Gasteiger partial charge on any atom is -0.497 e. The highest BCUT2D eigenvalue weighted by Crippen LogP contribution is 2.62. The highest BCUT2D eigenvalue weighted by Gasteiger charge is 2.58. The number of carbonyl (C=O) groups is 1. The van der Waals surface area contributed by atoms with Gasteiger partial charge in [0.05, 0.1) is 7.11 Å². The zero-order valence-electron chi connectivity index (χ0n) is 19.4. The molecule has 5 rings (SSSR count). The van der Waals surface area contributed by atoms with E-state index in [0.717, 1.165) is 24.3 Å². The Kier molecular flexibility index (Phi) is 6.47. The van der Waals surface area contributed by atoms with E-state index in [1.165, 1.54) is 15.9 Å². The predicted octanol–water partition coefficient (Wildman–Crippen LogP) is 4.79. The van der Waals surface area contributed by atoms with Gasteiger partial charge in [0.1, 0.15) is 28.9 Å². The fourth-order valence-electron chi connectivity index (χ4n) is 5.17. The molecule has 0 aliphatic carbocycles. The first kappa shape index (κ1) is 22.4. The van der Waals surface area contributed by atoms with E-state index in [0.29, 0.717) is 6.54 Å². The summed E-state index contributed by atoms with van der Waals surface area (Å²) in [5.74, 6) is 1.08. The molecule has 0 bridgehead atoms. The van der Waals surface area contributed by atoms with Crippen molar-refractivity contribution in [3.63, 3.8) is 0 Å². The maximum absolute atomic E-state index is 14.1. The third-order valence-corrected chi connectivity index (χ3v) is 11.5. The van der Waals surface area contributed by atoms with E-state index >= 15 is 0 Å². The van der Waals surface area contributed by atoms with E-state index in [-0.39, 0.29) is 11.6 Å². The average molecular weight is 467 g/mol. The number of benzene rings is 4. The second-order valence-corrected chi connectivity index (χ2v) is 12.3. The molecule has 1 heterocycles. The van der Waals surface area contributed by atoms with Gasteiger partial charge in [0.25, 0.3) is 5.91 Å². The number of likely N-dealkylation sites (tertiary alicyclic amines) is 1. The minimum absolute atomic E-state index is 0.0852. The lowest BCUT2D eigenvalue weighted by atomic mass is 10.2. The summed E-state index contributed by atoms with van der Waals surface area (Å²) in [5, 5.41) is 3.78. The number of hydrogen-bond donors (Lipinski definition) is 0. The van der Waals surface area contributed by atoms with Crippen molar-refractivity contribution in [3.05, 3.63) is 121 Å². The Morgan fingerprint density at radius 1 is 0.735 bits per heavy atom. The number of rotatable bonds is 7. The van der Waals surface area contributed by atoms with Crippen molar-refractivity contribution >= 4 is 29.1 Å². The van der Waals surface area contributed by atoms with Crippen LogP contribution < -0.4 is 20.7 Å². The fourth-order valence-corrected chi connectivity index (χ4v) is 10.1. The second-order valence-electron chi connectivity index (χ2n) is 8.64. The van der Waals surface area contributed by atoms with Crippen LogP contribution in [0.4, 0.5) is 0 Å². The van der Waals surface area contributed by atoms with Crippen molar-refractivity contribution in [2.24, 2.45) is 0 Å². The molecule has 1 fully saturated rings. The summed E-state index contributed by atoms with van der Waals surface area (Å²) in [7, 11) is -0.553. The monoisotopic (exact) mass is 466 g/mol. The minimum atomic E-state index is -2.22. The Hall–Kier alpha value is -3.42. The van der Waals surface area contributed by atoms with Crippen LogP contribution in [-0.4, -0.2) is 30.1 Å². The van der Waals surface area contributed by atoms with Crippen molar-refractivity contribution in [2.45, 2.75) is 18.6 Å². The average Bonchev–Trinajstić information content (AvgIpc) is 3.27. The van der Waals surface area contributed by atoms with Crippen LogP contribution in [-0.2, 0) is 11.3 Å². The van der Waals surface area contributed by atoms with Gasteiger partial charge >= 0.3 is 0 Å². The quantitative estimate of drug-likeness (QED) is 0.367. The molecular weight excluding hydrogens is 437 g/mol. The van der Waals surface area contributed by atoms with Gasteiger partial charge in [-0.3, -0.25) is 4.79 Å². The van der Waals surface area contributed by atoms with Crippen LogP contribution >= 0.6 is 7.26 Å². The molecule has 4 aromatic carbocycles. The molecule has 0 N–H and O–H groups in total. The summed E-state index contributed by atoms with van der Waals surface area (Å²) >= 11 is 0. The normalized spacial score (nSPS) is 16.0. The first-order valence-electron chi connectivity index (χ1n) is 11.7. The number of carbonyl (C=O) groups excluding carboxylic acids is 1. The summed E-state index contributed by atoms with van der Waals surface area (Å²) < 4.78 is 5.29. The molecule has 0 unspecified atom stereocenters. The molecular formula is C30H29NO2P+. The largest absolute Gasteiger partial charge is 0.497 e. The second kappa shape index (κ2) is 9.83. The zero-order chi connectivity index (χ0) is 23.4. The molecule has 4 heteroatoms. The standard InChI is InChI=1S/C30H29NO2P/c1-33-25-19-17-24(18-20-25)23-31-22-21-29(30(31)32)34(26-11-5-2-6-12-26,27-13-7-3-8-14-27)28-15-9-4-10-16-28/h2-20,29H,21-23H2,1H3/q+1/t29-/m1/s1. The van der Waals surface area contributed by atoms with Gasteiger partial charge in [-0.05, 0) is 54.1 Å². The van der Waals surface area contributed by atoms with E-state index in [4.69, 9.17) is 4.74 Å². The van der Waals surface area contributed by atoms with Crippen LogP contribution in [0.2, 0.25) is 0 Å². The summed E-state index contributed by atoms with van der Waals surface area (Å²) in [6, 6.07) is 40.1. The van der Waals surface area contributed by atoms with Crippen LogP contribution in [0.5, 0.6) is 5.75 Å². The van der Waals surface area contributed by atoms with Gasteiger partial charge in [0.2, 0.25) is 0 Å². The van der Waals surface area contributed by atoms with Crippen molar-refractivity contribution in [2.75, 3.05) is 13.7 Å². The molecule has 34 heavy (non-hydrogen) atoms. The number of amides is 1. The van der Waals surface area contributed by atoms with Gasteiger partial charge in [-0.1, -0.05) is 66.7 Å². The third-order valence-electron chi connectivity index (χ3n) is 6.76. The van der Waals surface area contributed by atoms with Crippen LogP contribution in [0.3, 0.4) is 0 Å². The maximum Gasteiger partial charge on any atom is 0.264 e. The Morgan fingerprint density at radius 3 is 1.65 bits per heavy atom. The maximum atomic E-state index is 14.1. The third kappa shape index (κ3) is 4.02. The lowest BCUT2D eigenvalue weighted by Gasteiger charge is -2.32. The summed E-state index contributed by atoms with van der Waals surface area (Å²) in [4.78, 5) is 16.2. The van der Waals surface area contributed by atoms with Gasteiger partial charge in [-0.15, -0.1) is 0 Å². The van der Waals surface area contributed by atoms with Crippen molar-refractivity contribution in [1.82, 2.24) is 4.90 Å². The highest BCUT2D eigenvalue weighted by molar-refractivity contribution is 7.96. The van der Waals surface area contributed by atoms with Gasteiger partial charge in [-0.25, -0.2) is 0 Å². The smallest absolute Gasteiger partial charge is 0.264 e. The molecule has 4 aromatic rings. The Balaban J connectivity index is 1.60. The molecule has 0 saturated carbocycles. The molecule has 1 aliphatic heterocycles. The van der Waals surface area contributed by atoms with Gasteiger partial charge in [0, 0.05) is 19.5 Å². The van der Waals surface area contributed by atoms with Crippen LogP contribution in [0.1, 0.15) is 12.0 Å². The molecule has 0 radical (unpaired) electrons. The number of hydrogen-bond acceptors (Lipinski definition) is 2. The molecule has 3 nitrogen and oxygen atoms in total. The first-order valence-corrected chi connectivity index (χ1v) is 13.6. The number of nitrogens with zero attached hydrogens (tertiary/aromatic N) is 1. The van der Waals surface area contributed by atoms with Crippen molar-refractivity contribution in [3.8, 4) is 5.75 Å². The van der Waals surface area contributed by atoms with Crippen LogP contribution in [0.15, 0.2) is 115 Å². The number of methoxy groups -OCH3 is 1. The fraction of sp³-hybridized carbons (Fsp3) is 0.167. The molecule has 1 saturated heterocycles. The lowest BCUT2D eigenvalue weighted by Crippen LogP contribution is -2.42. The SMILES string of the molecule is COc1ccc(CN2CC[C@@H]([P+](c3ccccc3)(c3ccccc3)c3ccccc3)C2=O)cc1. The lowest BCUT2D eigenvalue weighted by molar-refractivity contribution is -0.127. The first-order chi connectivity index (χ1) is 16.7. The highest BCUT2D eigenvalue weighted by atomic mass is 31.2. The van der Waals surface area contributed by atoms with Gasteiger partial charge in [-0.2, -0.15) is 0 Å². The predicted molar refractivity (Wildman–Crippen MR) is 142 cm³/mol. The van der Waals surface area contributed by atoms with E-state index in [2.05, 4.69) is 91.0 Å². The van der Waals surface area contributed by atoms with E-state index < -0.39 is 7.26 Å². The topological polar surface area (TPSA) is 29.5 Å². The van der Waals surface area contributed by atoms with E-state index in [9.17, 15) is 4.79 Å². The number of ether oxygens (including phenoxy) is 1. The summed E-state index contributed by atoms with van der Waals surface area (Å²) in [5.41, 5.74) is 1.04. The molecule has 1 atom stereocenters. The molecule has 0 aromatic heterocycles. The Bertz CT molecular complexity index is 1130. The van der Waals surface area contributed by atoms with Crippen molar-refractivity contribution in [1.29, 1.82) is 0 Å². The molecule has 170 valence electrons. The van der Waals surface area contributed by atoms with Crippen molar-refractivity contribution < 1.29 is 9.53 Å². The Labute approximate surface area is 202 Å². The van der Waals surface area contributed by atoms with Crippen LogP contribution in [0, 0.1) is 0 Å². The zero-order valence-corrected chi connectivity index (χ0v) is 20.3. The molecule has 1 aliphatic rings. The van der Waals surface area contributed by atoms with E-state index in [1.54, 1.807) is 7.11 Å². The summed E-state index contributed by atoms with van der Waals surface area (Å²) in [6.07, 6.45) is 0.849. The molecule has 0 spiro atoms. The van der Waals surface area contributed by atoms with Gasteiger partial charge in [0.15, 0.2) is 5.66 Å². The Morgan fingerprint density at radius 2 is 1.21 bits per heavy atom. The van der Waals surface area contributed by atoms with Crippen LogP contribution in [0.25, 0.3) is 0 Å².